The summed E-state index contributed by atoms with van der Waals surface area (Å²) in [6.07, 6.45) is 1.73. The van der Waals surface area contributed by atoms with Gasteiger partial charge < -0.3 is 29.2 Å². The van der Waals surface area contributed by atoms with Crippen molar-refractivity contribution in [1.82, 2.24) is 10.3 Å². The molecule has 8 nitrogen and oxygen atoms in total. The number of hydrogen-bond acceptors (Lipinski definition) is 6. The average Bonchev–Trinajstić information content (AvgIpc) is 3.63. The number of nitrogens with one attached hydrogen (secondary N) is 1. The number of benzene rings is 3. The monoisotopic (exact) mass is 597 g/mol. The lowest BCUT2D eigenvalue weighted by Gasteiger charge is -2.26. The van der Waals surface area contributed by atoms with Crippen molar-refractivity contribution in [2.45, 2.75) is 12.1 Å². The van der Waals surface area contributed by atoms with Crippen LogP contribution in [0.2, 0.25) is 5.02 Å². The number of aromatic carboxylic acids is 1. The van der Waals surface area contributed by atoms with Gasteiger partial charge in [-0.2, -0.15) is 0 Å². The van der Waals surface area contributed by atoms with E-state index in [0.717, 1.165) is 17.1 Å². The molecule has 6 rings (SSSR count). The van der Waals surface area contributed by atoms with Crippen LogP contribution in [0.25, 0.3) is 11.3 Å². The number of furan rings is 1. The summed E-state index contributed by atoms with van der Waals surface area (Å²) in [6.45, 7) is 0. The Morgan fingerprint density at radius 2 is 1.69 bits per heavy atom. The summed E-state index contributed by atoms with van der Waals surface area (Å²) in [5, 5.41) is 13.8. The fraction of sp³-hybridized carbons (Fsp3) is 0.0938. The van der Waals surface area contributed by atoms with Crippen LogP contribution in [0.5, 0.6) is 17.2 Å². The lowest BCUT2D eigenvalue weighted by molar-refractivity contribution is 0.0697. The number of rotatable bonds is 8. The fourth-order valence-electron chi connectivity index (χ4n) is 4.88. The molecule has 42 heavy (non-hydrogen) atoms. The third-order valence-corrected chi connectivity index (χ3v) is 7.55. The third kappa shape index (κ3) is 5.39. The Morgan fingerprint density at radius 1 is 0.976 bits per heavy atom. The Morgan fingerprint density at radius 3 is 2.36 bits per heavy atom. The third-order valence-electron chi connectivity index (χ3n) is 6.91. The molecule has 1 saturated heterocycles. The van der Waals surface area contributed by atoms with Gasteiger partial charge in [0.1, 0.15) is 34.8 Å². The first-order valence-electron chi connectivity index (χ1n) is 13.0. The highest BCUT2D eigenvalue weighted by molar-refractivity contribution is 7.80. The number of nitrogens with zero attached hydrogens (tertiary/aromatic N) is 2. The zero-order chi connectivity index (χ0) is 29.2. The Labute approximate surface area is 252 Å². The van der Waals surface area contributed by atoms with Crippen molar-refractivity contribution in [1.29, 1.82) is 0 Å². The molecule has 2 aromatic heterocycles. The SMILES string of the molecule is COc1ccc(Oc2ccc(N3C(=S)NC(c4ccccn4)C3c3ccc(-c4cc(C(=O)O)ccc4Cl)o3)cc2)cc1. The van der Waals surface area contributed by atoms with Gasteiger partial charge in [0, 0.05) is 17.4 Å². The number of hydrogen-bond donors (Lipinski definition) is 2. The van der Waals surface area contributed by atoms with Crippen molar-refractivity contribution in [2.24, 2.45) is 0 Å². The summed E-state index contributed by atoms with van der Waals surface area (Å²) in [4.78, 5) is 18.1. The lowest BCUT2D eigenvalue weighted by atomic mass is 10.0. The van der Waals surface area contributed by atoms with Gasteiger partial charge in [0.25, 0.3) is 0 Å². The van der Waals surface area contributed by atoms with E-state index in [1.54, 1.807) is 25.4 Å². The number of halogens is 1. The Kier molecular flexibility index (Phi) is 7.52. The smallest absolute Gasteiger partial charge is 0.335 e. The van der Waals surface area contributed by atoms with Crippen LogP contribution in [0.1, 0.15) is 33.9 Å². The number of ether oxygens (including phenoxy) is 2. The van der Waals surface area contributed by atoms with Crippen molar-refractivity contribution in [2.75, 3.05) is 12.0 Å². The summed E-state index contributed by atoms with van der Waals surface area (Å²) >= 11 is 12.3. The van der Waals surface area contributed by atoms with Gasteiger partial charge >= 0.3 is 5.97 Å². The predicted octanol–water partition coefficient (Wildman–Crippen LogP) is 7.67. The second-order valence-electron chi connectivity index (χ2n) is 9.47. The number of carboxylic acids is 1. The summed E-state index contributed by atoms with van der Waals surface area (Å²) in [5.74, 6) is 2.09. The lowest BCUT2D eigenvalue weighted by Crippen LogP contribution is -2.29. The van der Waals surface area contributed by atoms with E-state index in [1.165, 1.54) is 12.1 Å². The second kappa shape index (κ2) is 11.6. The molecule has 3 aromatic carbocycles. The number of aromatic nitrogens is 1. The molecular weight excluding hydrogens is 574 g/mol. The molecule has 210 valence electrons. The number of carbonyl (C=O) groups is 1. The van der Waals surface area contributed by atoms with Gasteiger partial charge in [0.15, 0.2) is 5.11 Å². The van der Waals surface area contributed by atoms with Crippen LogP contribution in [-0.2, 0) is 0 Å². The van der Waals surface area contributed by atoms with Crippen molar-refractivity contribution < 1.29 is 23.8 Å². The minimum Gasteiger partial charge on any atom is -0.497 e. The van der Waals surface area contributed by atoms with E-state index in [-0.39, 0.29) is 11.6 Å². The molecular formula is C32H24ClN3O5S. The second-order valence-corrected chi connectivity index (χ2v) is 10.3. The molecule has 0 saturated carbocycles. The highest BCUT2D eigenvalue weighted by Crippen LogP contribution is 2.44. The minimum atomic E-state index is -1.05. The van der Waals surface area contributed by atoms with Gasteiger partial charge in [-0.25, -0.2) is 4.79 Å². The maximum atomic E-state index is 11.6. The molecule has 0 bridgehead atoms. The Hall–Kier alpha value is -4.86. The Balaban J connectivity index is 1.35. The van der Waals surface area contributed by atoms with Gasteiger partial charge in [0.05, 0.1) is 29.4 Å². The number of thiocarbonyl (C=S) groups is 1. The van der Waals surface area contributed by atoms with E-state index in [2.05, 4.69) is 10.3 Å². The van der Waals surface area contributed by atoms with Crippen LogP contribution in [0.4, 0.5) is 5.69 Å². The zero-order valence-electron chi connectivity index (χ0n) is 22.2. The standard InChI is InChI=1S/C32H24ClN3O5S/c1-39-21-10-12-23(13-11-21)40-22-8-6-20(7-9-22)36-30(29(35-32(36)42)26-4-2-3-17-34-26)28-16-15-27(41-28)24-18-19(31(37)38)5-14-25(24)33/h2-18,29-30H,1H3,(H,35,42)(H,37,38). The van der Waals surface area contributed by atoms with Crippen LogP contribution in [0.3, 0.4) is 0 Å². The highest BCUT2D eigenvalue weighted by atomic mass is 35.5. The first-order chi connectivity index (χ1) is 20.4. The largest absolute Gasteiger partial charge is 0.497 e. The van der Waals surface area contributed by atoms with Crippen molar-refractivity contribution >= 4 is 40.6 Å². The zero-order valence-corrected chi connectivity index (χ0v) is 23.8. The maximum Gasteiger partial charge on any atom is 0.335 e. The van der Waals surface area contributed by atoms with E-state index >= 15 is 0 Å². The molecule has 3 heterocycles. The predicted molar refractivity (Wildman–Crippen MR) is 164 cm³/mol. The fourth-order valence-corrected chi connectivity index (χ4v) is 5.44. The normalized spacial score (nSPS) is 16.2. The van der Waals surface area contributed by atoms with Crippen molar-refractivity contribution in [3.8, 4) is 28.6 Å². The van der Waals surface area contributed by atoms with Gasteiger partial charge in [-0.3, -0.25) is 4.98 Å². The maximum absolute atomic E-state index is 11.6. The van der Waals surface area contributed by atoms with Crippen LogP contribution >= 0.6 is 23.8 Å². The van der Waals surface area contributed by atoms with Crippen LogP contribution in [-0.4, -0.2) is 28.3 Å². The number of carboxylic acid groups (broad SMARTS) is 1. The molecule has 1 aliphatic heterocycles. The van der Waals surface area contributed by atoms with Gasteiger partial charge in [0.2, 0.25) is 0 Å². The molecule has 0 spiro atoms. The summed E-state index contributed by atoms with van der Waals surface area (Å²) in [6, 6.07) is 28.1. The van der Waals surface area contributed by atoms with Crippen LogP contribution in [0.15, 0.2) is 108 Å². The van der Waals surface area contributed by atoms with E-state index in [9.17, 15) is 9.90 Å². The first kappa shape index (κ1) is 27.3. The van der Waals surface area contributed by atoms with Gasteiger partial charge in [-0.15, -0.1) is 0 Å². The van der Waals surface area contributed by atoms with Crippen LogP contribution in [0, 0.1) is 0 Å². The van der Waals surface area contributed by atoms with E-state index in [0.29, 0.717) is 38.7 Å². The van der Waals surface area contributed by atoms with Crippen molar-refractivity contribution in [3.63, 3.8) is 0 Å². The summed E-state index contributed by atoms with van der Waals surface area (Å²) in [7, 11) is 1.62. The molecule has 2 unspecified atom stereocenters. The summed E-state index contributed by atoms with van der Waals surface area (Å²) < 4.78 is 17.6. The van der Waals surface area contributed by atoms with Crippen LogP contribution < -0.4 is 19.7 Å². The molecule has 10 heteroatoms. The Bertz CT molecular complexity index is 1740. The molecule has 1 aliphatic rings. The van der Waals surface area contributed by atoms with E-state index in [4.69, 9.17) is 37.7 Å². The number of anilines is 1. The van der Waals surface area contributed by atoms with Crippen molar-refractivity contribution in [3.05, 3.63) is 125 Å². The molecule has 0 radical (unpaired) electrons. The molecule has 0 amide bonds. The first-order valence-corrected chi connectivity index (χ1v) is 13.8. The molecule has 2 atom stereocenters. The number of methoxy groups -OCH3 is 1. The molecule has 0 aliphatic carbocycles. The van der Waals surface area contributed by atoms with Gasteiger partial charge in [-0.1, -0.05) is 17.7 Å². The highest BCUT2D eigenvalue weighted by Gasteiger charge is 2.42. The van der Waals surface area contributed by atoms with E-state index in [1.807, 2.05) is 77.7 Å². The summed E-state index contributed by atoms with van der Waals surface area (Å²) in [5.41, 5.74) is 2.20. The average molecular weight is 598 g/mol. The quantitative estimate of drug-likeness (QED) is 0.175. The molecule has 5 aromatic rings. The minimum absolute atomic E-state index is 0.112. The molecule has 1 fully saturated rings. The van der Waals surface area contributed by atoms with E-state index < -0.39 is 12.0 Å². The molecule has 2 N–H and O–H groups in total. The number of pyridine rings is 1. The topological polar surface area (TPSA) is 97.1 Å². The van der Waals surface area contributed by atoms with Gasteiger partial charge in [-0.05, 0) is 103 Å².